The van der Waals surface area contributed by atoms with E-state index in [0.29, 0.717) is 0 Å². The van der Waals surface area contributed by atoms with E-state index in [1.54, 1.807) is 0 Å². The molecule has 0 saturated carbocycles. The molecule has 11 rings (SSSR count). The quantitative estimate of drug-likeness (QED) is 0.179. The minimum absolute atomic E-state index is 1.16. The molecule has 1 heterocycles. The molecular formula is C52H33N. The van der Waals surface area contributed by atoms with Gasteiger partial charge in [0.05, 0.1) is 0 Å². The molecular weight excluding hydrogens is 639 g/mol. The van der Waals surface area contributed by atoms with Crippen LogP contribution in [0.4, 0.5) is 0 Å². The zero-order valence-corrected chi connectivity index (χ0v) is 29.0. The average Bonchev–Trinajstić information content (AvgIpc) is 3.58. The van der Waals surface area contributed by atoms with Gasteiger partial charge < -0.3 is 4.98 Å². The van der Waals surface area contributed by atoms with E-state index in [2.05, 4.69) is 199 Å². The molecule has 1 aromatic heterocycles. The average molecular weight is 672 g/mol. The van der Waals surface area contributed by atoms with Gasteiger partial charge in [0.15, 0.2) is 0 Å². The lowest BCUT2D eigenvalue weighted by Gasteiger charge is -2.18. The number of benzene rings is 10. The standard InChI is InChI=1S/C52H33N/c1-2-11-36-28-40(25-22-33(36)10-1)34-20-23-35(24-21-34)51-44-16-5-7-18-46(44)52(47-19-8-6-17-45(47)51)42-15-9-14-37(29-42)41-26-27-43-48-30-38-12-3-4-13-39(38)31-50(48)53-49(43)32-41/h1-32,53H. The van der Waals surface area contributed by atoms with Crippen molar-refractivity contribution in [2.45, 2.75) is 0 Å². The van der Waals surface area contributed by atoms with Crippen LogP contribution in [0.5, 0.6) is 0 Å². The van der Waals surface area contributed by atoms with Crippen molar-refractivity contribution in [1.29, 1.82) is 0 Å². The van der Waals surface area contributed by atoms with Gasteiger partial charge in [0.1, 0.15) is 0 Å². The number of hydrogen-bond acceptors (Lipinski definition) is 0. The molecule has 0 amide bonds. The maximum atomic E-state index is 3.72. The molecule has 1 heteroatoms. The summed E-state index contributed by atoms with van der Waals surface area (Å²) in [5, 5.41) is 12.6. The third kappa shape index (κ3) is 4.86. The molecule has 10 aromatic carbocycles. The van der Waals surface area contributed by atoms with E-state index in [4.69, 9.17) is 0 Å². The Hall–Kier alpha value is -6.96. The van der Waals surface area contributed by atoms with Crippen molar-refractivity contribution >= 4 is 64.9 Å². The Kier molecular flexibility index (Phi) is 6.62. The highest BCUT2D eigenvalue weighted by molar-refractivity contribution is 6.21. The molecule has 0 aliphatic carbocycles. The van der Waals surface area contributed by atoms with E-state index in [0.717, 1.165) is 5.52 Å². The van der Waals surface area contributed by atoms with Crippen LogP contribution < -0.4 is 0 Å². The smallest absolute Gasteiger partial charge is 0.0471 e. The van der Waals surface area contributed by atoms with Crippen LogP contribution in [-0.4, -0.2) is 4.98 Å². The molecule has 1 N–H and O–H groups in total. The molecule has 0 saturated heterocycles. The first kappa shape index (κ1) is 29.7. The van der Waals surface area contributed by atoms with Gasteiger partial charge in [0.2, 0.25) is 0 Å². The van der Waals surface area contributed by atoms with Gasteiger partial charge in [-0.3, -0.25) is 0 Å². The molecule has 53 heavy (non-hydrogen) atoms. The van der Waals surface area contributed by atoms with Crippen molar-refractivity contribution in [2.75, 3.05) is 0 Å². The minimum Gasteiger partial charge on any atom is -0.354 e. The summed E-state index contributed by atoms with van der Waals surface area (Å²) < 4.78 is 0. The Bertz CT molecular complexity index is 3160. The molecule has 0 fully saturated rings. The fourth-order valence-corrected chi connectivity index (χ4v) is 8.58. The van der Waals surface area contributed by atoms with Crippen LogP contribution in [0.15, 0.2) is 194 Å². The highest BCUT2D eigenvalue weighted by Gasteiger charge is 2.17. The Morgan fingerprint density at radius 2 is 0.698 bits per heavy atom. The van der Waals surface area contributed by atoms with Gasteiger partial charge in [-0.05, 0) is 118 Å². The van der Waals surface area contributed by atoms with Crippen molar-refractivity contribution in [2.24, 2.45) is 0 Å². The SMILES string of the molecule is c1cc(-c2ccc3c(c2)[nH]c2cc4ccccc4cc23)cc(-c2c3ccccc3c(-c3ccc(-c4ccc5ccccc5c4)cc3)c3ccccc23)c1. The molecule has 0 aliphatic heterocycles. The van der Waals surface area contributed by atoms with E-state index in [-0.39, 0.29) is 0 Å². The molecule has 0 spiro atoms. The van der Waals surface area contributed by atoms with E-state index in [9.17, 15) is 0 Å². The predicted octanol–water partition coefficient (Wildman–Crippen LogP) is 14.6. The minimum atomic E-state index is 1.16. The van der Waals surface area contributed by atoms with Crippen LogP contribution in [0, 0.1) is 0 Å². The van der Waals surface area contributed by atoms with Gasteiger partial charge >= 0.3 is 0 Å². The van der Waals surface area contributed by atoms with Crippen LogP contribution >= 0.6 is 0 Å². The van der Waals surface area contributed by atoms with Crippen LogP contribution in [0.25, 0.3) is 109 Å². The lowest BCUT2D eigenvalue weighted by Crippen LogP contribution is -1.91. The van der Waals surface area contributed by atoms with Crippen molar-refractivity contribution < 1.29 is 0 Å². The molecule has 1 nitrogen and oxygen atoms in total. The van der Waals surface area contributed by atoms with Gasteiger partial charge in [-0.25, -0.2) is 0 Å². The summed E-state index contributed by atoms with van der Waals surface area (Å²) in [7, 11) is 0. The zero-order valence-electron chi connectivity index (χ0n) is 29.0. The largest absolute Gasteiger partial charge is 0.354 e. The van der Waals surface area contributed by atoms with Crippen LogP contribution in [0.2, 0.25) is 0 Å². The molecule has 0 atom stereocenters. The van der Waals surface area contributed by atoms with Crippen LogP contribution in [-0.2, 0) is 0 Å². The Balaban J connectivity index is 1.04. The van der Waals surface area contributed by atoms with Gasteiger partial charge in [-0.1, -0.05) is 164 Å². The fourth-order valence-electron chi connectivity index (χ4n) is 8.58. The first-order valence-electron chi connectivity index (χ1n) is 18.3. The highest BCUT2D eigenvalue weighted by atomic mass is 14.7. The summed E-state index contributed by atoms with van der Waals surface area (Å²) in [6, 6.07) is 71.3. The van der Waals surface area contributed by atoms with E-state index >= 15 is 0 Å². The lowest BCUT2D eigenvalue weighted by molar-refractivity contribution is 1.55. The zero-order chi connectivity index (χ0) is 34.9. The summed E-state index contributed by atoms with van der Waals surface area (Å²) in [6.07, 6.45) is 0. The van der Waals surface area contributed by atoms with Crippen molar-refractivity contribution in [3.05, 3.63) is 194 Å². The number of rotatable bonds is 4. The molecule has 246 valence electrons. The van der Waals surface area contributed by atoms with Gasteiger partial charge in [-0.15, -0.1) is 0 Å². The molecule has 0 bridgehead atoms. The Morgan fingerprint density at radius 3 is 1.40 bits per heavy atom. The number of H-pyrrole nitrogens is 1. The summed E-state index contributed by atoms with van der Waals surface area (Å²) in [6.45, 7) is 0. The summed E-state index contributed by atoms with van der Waals surface area (Å²) in [5.74, 6) is 0. The second kappa shape index (κ2) is 11.8. The topological polar surface area (TPSA) is 15.8 Å². The maximum absolute atomic E-state index is 3.72. The first-order valence-corrected chi connectivity index (χ1v) is 18.3. The highest BCUT2D eigenvalue weighted by Crippen LogP contribution is 2.45. The number of aromatic nitrogens is 1. The number of aromatic amines is 1. The van der Waals surface area contributed by atoms with Crippen molar-refractivity contribution in [1.82, 2.24) is 4.98 Å². The first-order chi connectivity index (χ1) is 26.2. The number of hydrogen-bond donors (Lipinski definition) is 1. The molecule has 11 aromatic rings. The van der Waals surface area contributed by atoms with Crippen LogP contribution in [0.3, 0.4) is 0 Å². The Labute approximate surface area is 307 Å². The molecule has 0 unspecified atom stereocenters. The lowest BCUT2D eigenvalue weighted by atomic mass is 9.85. The number of fused-ring (bicyclic) bond motifs is 7. The monoisotopic (exact) mass is 671 g/mol. The number of nitrogens with one attached hydrogen (secondary N) is 1. The normalized spacial score (nSPS) is 11.8. The maximum Gasteiger partial charge on any atom is 0.0471 e. The van der Waals surface area contributed by atoms with Gasteiger partial charge in [0, 0.05) is 21.8 Å². The van der Waals surface area contributed by atoms with Crippen molar-refractivity contribution in [3.8, 4) is 44.5 Å². The van der Waals surface area contributed by atoms with E-state index in [1.165, 1.54) is 104 Å². The summed E-state index contributed by atoms with van der Waals surface area (Å²) >= 11 is 0. The summed E-state index contributed by atoms with van der Waals surface area (Å²) in [5.41, 5.74) is 12.2. The molecule has 0 radical (unpaired) electrons. The fraction of sp³-hybridized carbons (Fsp3) is 0. The van der Waals surface area contributed by atoms with Crippen LogP contribution in [0.1, 0.15) is 0 Å². The second-order valence-electron chi connectivity index (χ2n) is 14.2. The third-order valence-electron chi connectivity index (χ3n) is 11.1. The third-order valence-corrected chi connectivity index (χ3v) is 11.1. The van der Waals surface area contributed by atoms with Crippen molar-refractivity contribution in [3.63, 3.8) is 0 Å². The van der Waals surface area contributed by atoms with E-state index < -0.39 is 0 Å². The Morgan fingerprint density at radius 1 is 0.226 bits per heavy atom. The van der Waals surface area contributed by atoms with E-state index in [1.807, 2.05) is 0 Å². The molecule has 0 aliphatic rings. The predicted molar refractivity (Wildman–Crippen MR) is 228 cm³/mol. The summed E-state index contributed by atoms with van der Waals surface area (Å²) in [4.78, 5) is 3.72. The van der Waals surface area contributed by atoms with Gasteiger partial charge in [-0.2, -0.15) is 0 Å². The van der Waals surface area contributed by atoms with Gasteiger partial charge in [0.25, 0.3) is 0 Å². The second-order valence-corrected chi connectivity index (χ2v) is 14.2.